The molecule has 4 aliphatic heterocycles. The molecular formula is C31H32ClN5O5. The van der Waals surface area contributed by atoms with E-state index in [-0.39, 0.29) is 24.0 Å². The summed E-state index contributed by atoms with van der Waals surface area (Å²) >= 11 is 6.04. The van der Waals surface area contributed by atoms with Crippen LogP contribution in [0.3, 0.4) is 0 Å². The average Bonchev–Trinajstić information content (AvgIpc) is 3.52. The molecule has 0 spiro atoms. The Hall–Kier alpha value is -3.86. The summed E-state index contributed by atoms with van der Waals surface area (Å²) in [6, 6.07) is 13.1. The summed E-state index contributed by atoms with van der Waals surface area (Å²) in [5.41, 5.74) is 3.83. The molecule has 0 amide bonds. The summed E-state index contributed by atoms with van der Waals surface area (Å²) in [5, 5.41) is 13.5. The van der Waals surface area contributed by atoms with Crippen molar-refractivity contribution in [1.82, 2.24) is 14.9 Å². The van der Waals surface area contributed by atoms with Gasteiger partial charge in [-0.05, 0) is 55.7 Å². The number of pyridine rings is 2. The monoisotopic (exact) mass is 589 g/mol. The number of nitrogens with zero attached hydrogens (tertiary/aromatic N) is 4. The second-order valence-electron chi connectivity index (χ2n) is 11.3. The van der Waals surface area contributed by atoms with Gasteiger partial charge in [0.25, 0.3) is 5.79 Å². The Bertz CT molecular complexity index is 1560. The number of hydrogen-bond donors (Lipinski definition) is 2. The average molecular weight is 590 g/mol. The second kappa shape index (κ2) is 10.4. The molecule has 0 radical (unpaired) electrons. The maximum Gasteiger partial charge on any atom is 0.354 e. The van der Waals surface area contributed by atoms with Crippen LogP contribution in [0.5, 0.6) is 11.5 Å². The first-order chi connectivity index (χ1) is 20.3. The molecule has 10 nitrogen and oxygen atoms in total. The number of para-hydroxylation sites is 1. The van der Waals surface area contributed by atoms with E-state index in [0.29, 0.717) is 22.3 Å². The van der Waals surface area contributed by atoms with E-state index in [4.69, 9.17) is 25.8 Å². The SMILES string of the molecule is C[C@@H](C1Nc2nc(C(=O)O)ccc2N1C[C@@H]1CCO1)N1CC=C(c2cccc3c2O[C@@](C)(c2ccc(Cl)cn2)O3)CC1. The number of nitrogens with one attached hydrogen (secondary N) is 1. The third-order valence-corrected chi connectivity index (χ3v) is 8.83. The molecule has 218 valence electrons. The number of halogens is 1. The van der Waals surface area contributed by atoms with Crippen LogP contribution in [0, 0.1) is 0 Å². The number of carbonyl (C=O) groups is 1. The van der Waals surface area contributed by atoms with Gasteiger partial charge in [-0.2, -0.15) is 0 Å². The van der Waals surface area contributed by atoms with Crippen molar-refractivity contribution in [2.45, 2.75) is 50.8 Å². The van der Waals surface area contributed by atoms with Crippen LogP contribution in [0.2, 0.25) is 5.02 Å². The summed E-state index contributed by atoms with van der Waals surface area (Å²) in [6.45, 7) is 7.19. The lowest BCUT2D eigenvalue weighted by atomic mass is 9.97. The van der Waals surface area contributed by atoms with Gasteiger partial charge in [0.05, 0.1) is 16.8 Å². The maximum atomic E-state index is 11.6. The van der Waals surface area contributed by atoms with E-state index in [0.717, 1.165) is 56.1 Å². The summed E-state index contributed by atoms with van der Waals surface area (Å²) in [4.78, 5) is 25.1. The molecule has 3 aromatic rings. The van der Waals surface area contributed by atoms with Crippen molar-refractivity contribution in [3.8, 4) is 11.5 Å². The molecule has 42 heavy (non-hydrogen) atoms. The largest absolute Gasteiger partial charge is 0.477 e. The Morgan fingerprint density at radius 1 is 1.24 bits per heavy atom. The van der Waals surface area contributed by atoms with Crippen LogP contribution < -0.4 is 19.7 Å². The predicted molar refractivity (Wildman–Crippen MR) is 158 cm³/mol. The van der Waals surface area contributed by atoms with Gasteiger partial charge in [0.15, 0.2) is 23.0 Å². The summed E-state index contributed by atoms with van der Waals surface area (Å²) in [5.74, 6) is -0.0491. The molecule has 0 aliphatic carbocycles. The first-order valence-electron chi connectivity index (χ1n) is 14.2. The highest BCUT2D eigenvalue weighted by molar-refractivity contribution is 6.30. The molecular weight excluding hydrogens is 558 g/mol. The van der Waals surface area contributed by atoms with E-state index in [9.17, 15) is 9.90 Å². The van der Waals surface area contributed by atoms with Crippen LogP contribution in [-0.2, 0) is 10.5 Å². The quantitative estimate of drug-likeness (QED) is 0.391. The van der Waals surface area contributed by atoms with Gasteiger partial charge in [0.1, 0.15) is 11.9 Å². The van der Waals surface area contributed by atoms with Gasteiger partial charge in [0, 0.05) is 51.0 Å². The van der Waals surface area contributed by atoms with Crippen molar-refractivity contribution in [3.63, 3.8) is 0 Å². The Morgan fingerprint density at radius 3 is 2.79 bits per heavy atom. The molecule has 0 bridgehead atoms. The minimum atomic E-state index is -1.04. The van der Waals surface area contributed by atoms with Gasteiger partial charge in [-0.1, -0.05) is 29.8 Å². The Kier molecular flexibility index (Phi) is 6.72. The Balaban J connectivity index is 1.09. The number of anilines is 2. The number of hydrogen-bond acceptors (Lipinski definition) is 9. The number of benzene rings is 1. The highest BCUT2D eigenvalue weighted by Crippen LogP contribution is 2.48. The minimum Gasteiger partial charge on any atom is -0.477 e. The number of rotatable bonds is 7. The molecule has 1 fully saturated rings. The lowest BCUT2D eigenvalue weighted by Gasteiger charge is -2.41. The zero-order chi connectivity index (χ0) is 29.0. The zero-order valence-electron chi connectivity index (χ0n) is 23.4. The van der Waals surface area contributed by atoms with Crippen molar-refractivity contribution < 1.29 is 24.1 Å². The van der Waals surface area contributed by atoms with Crippen molar-refractivity contribution >= 4 is 34.6 Å². The number of carboxylic acid groups (broad SMARTS) is 1. The number of fused-ring (bicyclic) bond motifs is 2. The summed E-state index contributed by atoms with van der Waals surface area (Å²) in [7, 11) is 0. The van der Waals surface area contributed by atoms with Gasteiger partial charge in [0.2, 0.25) is 0 Å². The van der Waals surface area contributed by atoms with Gasteiger partial charge in [-0.25, -0.2) is 9.78 Å². The van der Waals surface area contributed by atoms with Gasteiger partial charge in [-0.15, -0.1) is 0 Å². The van der Waals surface area contributed by atoms with E-state index < -0.39 is 11.8 Å². The summed E-state index contributed by atoms with van der Waals surface area (Å²) in [6.07, 6.45) is 5.81. The van der Waals surface area contributed by atoms with Gasteiger partial charge in [-0.3, -0.25) is 9.88 Å². The Labute approximate surface area is 248 Å². The lowest BCUT2D eigenvalue weighted by Crippen LogP contribution is -2.55. The fourth-order valence-corrected chi connectivity index (χ4v) is 6.26. The van der Waals surface area contributed by atoms with E-state index >= 15 is 0 Å². The molecule has 1 unspecified atom stereocenters. The predicted octanol–water partition coefficient (Wildman–Crippen LogP) is 5.00. The number of aromatic nitrogens is 2. The van der Waals surface area contributed by atoms with Crippen LogP contribution in [0.4, 0.5) is 11.5 Å². The summed E-state index contributed by atoms with van der Waals surface area (Å²) < 4.78 is 18.4. The molecule has 7 rings (SSSR count). The highest BCUT2D eigenvalue weighted by atomic mass is 35.5. The molecule has 4 atom stereocenters. The molecule has 6 heterocycles. The van der Waals surface area contributed by atoms with E-state index in [1.807, 2.05) is 31.2 Å². The van der Waals surface area contributed by atoms with Crippen LogP contribution in [0.1, 0.15) is 48.4 Å². The fourth-order valence-electron chi connectivity index (χ4n) is 6.15. The van der Waals surface area contributed by atoms with Crippen LogP contribution >= 0.6 is 11.6 Å². The number of carboxylic acids is 1. The molecule has 1 aromatic carbocycles. The number of aromatic carboxylic acids is 1. The maximum absolute atomic E-state index is 11.6. The van der Waals surface area contributed by atoms with Gasteiger partial charge >= 0.3 is 5.97 Å². The number of ether oxygens (including phenoxy) is 3. The third kappa shape index (κ3) is 4.73. The zero-order valence-corrected chi connectivity index (χ0v) is 24.2. The smallest absolute Gasteiger partial charge is 0.354 e. The standard InChI is InChI=1S/C31H32ClN5O5/c1-18(29-35-28-24(8-7-23(34-28)30(38)39)37(29)17-21-12-15-40-21)36-13-10-19(11-14-36)22-4-3-5-25-27(22)42-31(2,41-25)26-9-6-20(32)16-33-26/h3-10,16,18,21,29H,11-15,17H2,1-2H3,(H,34,35)(H,38,39)/t18-,21-,29?,31-/m0/s1. The minimum absolute atomic E-state index is 0.0319. The third-order valence-electron chi connectivity index (χ3n) is 8.61. The molecule has 1 saturated heterocycles. The van der Waals surface area contributed by atoms with Crippen molar-refractivity contribution in [2.24, 2.45) is 0 Å². The van der Waals surface area contributed by atoms with Crippen LogP contribution in [0.25, 0.3) is 5.57 Å². The molecule has 2 N–H and O–H groups in total. The first kappa shape index (κ1) is 27.0. The van der Waals surface area contributed by atoms with Crippen molar-refractivity contribution in [1.29, 1.82) is 0 Å². The normalized spacial score (nSPS) is 25.3. The second-order valence-corrected chi connectivity index (χ2v) is 11.7. The van der Waals surface area contributed by atoms with Crippen LogP contribution in [-0.4, -0.2) is 70.5 Å². The van der Waals surface area contributed by atoms with Crippen molar-refractivity contribution in [3.05, 3.63) is 76.7 Å². The highest BCUT2D eigenvalue weighted by Gasteiger charge is 2.42. The van der Waals surface area contributed by atoms with Crippen LogP contribution in [0.15, 0.2) is 54.7 Å². The Morgan fingerprint density at radius 2 is 2.10 bits per heavy atom. The molecule has 0 saturated carbocycles. The lowest BCUT2D eigenvalue weighted by molar-refractivity contribution is -0.0718. The molecule has 4 aliphatic rings. The van der Waals surface area contributed by atoms with E-state index in [1.165, 1.54) is 5.57 Å². The van der Waals surface area contributed by atoms with Crippen molar-refractivity contribution in [2.75, 3.05) is 36.5 Å². The van der Waals surface area contributed by atoms with E-state index in [1.54, 1.807) is 18.3 Å². The molecule has 2 aromatic heterocycles. The molecule has 11 heteroatoms. The topological polar surface area (TPSA) is 109 Å². The van der Waals surface area contributed by atoms with Gasteiger partial charge < -0.3 is 29.5 Å². The fraction of sp³-hybridized carbons (Fsp3) is 0.387. The van der Waals surface area contributed by atoms with E-state index in [2.05, 4.69) is 44.2 Å². The first-order valence-corrected chi connectivity index (χ1v) is 14.6.